The molecule has 0 radical (unpaired) electrons. The van der Waals surface area contributed by atoms with Crippen molar-refractivity contribution in [3.8, 4) is 0 Å². The normalized spacial score (nSPS) is 11.9. The second kappa shape index (κ2) is 7.30. The van der Waals surface area contributed by atoms with Crippen LogP contribution in [0.4, 0.5) is 0 Å². The van der Waals surface area contributed by atoms with Gasteiger partial charge in [0.05, 0.1) is 19.1 Å². The molecule has 1 unspecified atom stereocenters. The highest BCUT2D eigenvalue weighted by atomic mass is 16.4. The van der Waals surface area contributed by atoms with Crippen molar-refractivity contribution in [2.24, 2.45) is 0 Å². The second-order valence-electron chi connectivity index (χ2n) is 4.34. The zero-order chi connectivity index (χ0) is 15.1. The molecule has 3 N–H and O–H groups in total. The quantitative estimate of drug-likeness (QED) is 0.681. The first-order chi connectivity index (χ1) is 10.2. The van der Waals surface area contributed by atoms with Crippen molar-refractivity contribution in [3.63, 3.8) is 0 Å². The van der Waals surface area contributed by atoms with E-state index in [1.54, 1.807) is 24.3 Å². The summed E-state index contributed by atoms with van der Waals surface area (Å²) in [5.74, 6) is -0.525. The average molecular weight is 292 g/mol. The van der Waals surface area contributed by atoms with Gasteiger partial charge < -0.3 is 24.6 Å². The SMILES string of the molecule is O=C(NCCC(O)c1ccco1)C(=O)NCc1ccco1. The van der Waals surface area contributed by atoms with Gasteiger partial charge >= 0.3 is 11.8 Å². The fourth-order valence-corrected chi connectivity index (χ4v) is 1.69. The van der Waals surface area contributed by atoms with Crippen molar-refractivity contribution >= 4 is 11.8 Å². The molecule has 2 heterocycles. The van der Waals surface area contributed by atoms with E-state index in [1.165, 1.54) is 12.5 Å². The molecule has 112 valence electrons. The molecule has 0 aliphatic carbocycles. The molecule has 7 heteroatoms. The van der Waals surface area contributed by atoms with Crippen molar-refractivity contribution in [3.05, 3.63) is 48.3 Å². The van der Waals surface area contributed by atoms with Gasteiger partial charge in [0.1, 0.15) is 17.6 Å². The zero-order valence-electron chi connectivity index (χ0n) is 11.2. The van der Waals surface area contributed by atoms with Crippen molar-refractivity contribution in [1.82, 2.24) is 10.6 Å². The molecule has 2 aromatic rings. The van der Waals surface area contributed by atoms with E-state index >= 15 is 0 Å². The number of nitrogens with one attached hydrogen (secondary N) is 2. The Balaban J connectivity index is 1.65. The van der Waals surface area contributed by atoms with Crippen LogP contribution in [-0.2, 0) is 16.1 Å². The molecular weight excluding hydrogens is 276 g/mol. The van der Waals surface area contributed by atoms with E-state index in [-0.39, 0.29) is 19.5 Å². The van der Waals surface area contributed by atoms with Crippen LogP contribution < -0.4 is 10.6 Å². The van der Waals surface area contributed by atoms with Gasteiger partial charge in [0, 0.05) is 6.54 Å². The Bertz CT molecular complexity index is 562. The lowest BCUT2D eigenvalue weighted by atomic mass is 10.2. The van der Waals surface area contributed by atoms with E-state index in [0.29, 0.717) is 11.5 Å². The summed E-state index contributed by atoms with van der Waals surface area (Å²) in [6, 6.07) is 6.69. The maximum absolute atomic E-state index is 11.5. The number of aliphatic hydroxyl groups is 1. The number of aliphatic hydroxyl groups excluding tert-OH is 1. The highest BCUT2D eigenvalue weighted by molar-refractivity contribution is 6.35. The van der Waals surface area contributed by atoms with Crippen molar-refractivity contribution in [2.75, 3.05) is 6.54 Å². The monoisotopic (exact) mass is 292 g/mol. The summed E-state index contributed by atoms with van der Waals surface area (Å²) in [6.45, 7) is 0.309. The maximum atomic E-state index is 11.5. The second-order valence-corrected chi connectivity index (χ2v) is 4.34. The number of hydrogen-bond acceptors (Lipinski definition) is 5. The minimum atomic E-state index is -0.813. The zero-order valence-corrected chi connectivity index (χ0v) is 11.2. The molecule has 0 saturated heterocycles. The molecule has 2 rings (SSSR count). The Hall–Kier alpha value is -2.54. The van der Waals surface area contributed by atoms with Crippen LogP contribution in [0.5, 0.6) is 0 Å². The summed E-state index contributed by atoms with van der Waals surface area (Å²) in [5, 5.41) is 14.6. The molecule has 0 fully saturated rings. The van der Waals surface area contributed by atoms with Crippen molar-refractivity contribution in [2.45, 2.75) is 19.1 Å². The van der Waals surface area contributed by atoms with E-state index in [2.05, 4.69) is 10.6 Å². The lowest BCUT2D eigenvalue weighted by Gasteiger charge is -2.08. The third kappa shape index (κ3) is 4.50. The molecule has 0 saturated carbocycles. The maximum Gasteiger partial charge on any atom is 0.309 e. The van der Waals surface area contributed by atoms with Crippen LogP contribution in [0.25, 0.3) is 0 Å². The number of rotatable bonds is 6. The molecule has 0 aliphatic heterocycles. The Morgan fingerprint density at radius 3 is 2.48 bits per heavy atom. The number of carbonyl (C=O) groups is 2. The van der Waals surface area contributed by atoms with E-state index in [9.17, 15) is 14.7 Å². The standard InChI is InChI=1S/C14H16N2O5/c17-11(12-4-2-8-21-12)5-6-15-13(18)14(19)16-9-10-3-1-7-20-10/h1-4,7-8,11,17H,5-6,9H2,(H,15,18)(H,16,19). The minimum Gasteiger partial charge on any atom is -0.467 e. The molecule has 21 heavy (non-hydrogen) atoms. The largest absolute Gasteiger partial charge is 0.467 e. The minimum absolute atomic E-state index is 0.147. The molecule has 0 aromatic carbocycles. The van der Waals surface area contributed by atoms with Crippen LogP contribution in [0.1, 0.15) is 24.0 Å². The molecule has 0 bridgehead atoms. The van der Waals surface area contributed by atoms with Crippen LogP contribution in [-0.4, -0.2) is 23.5 Å². The Kier molecular flexibility index (Phi) is 5.16. The molecule has 0 spiro atoms. The number of carbonyl (C=O) groups excluding carboxylic acids is 2. The first-order valence-corrected chi connectivity index (χ1v) is 6.46. The van der Waals surface area contributed by atoms with E-state index in [0.717, 1.165) is 0 Å². The van der Waals surface area contributed by atoms with Crippen LogP contribution in [0.2, 0.25) is 0 Å². The summed E-state index contributed by atoms with van der Waals surface area (Å²) in [4.78, 5) is 23.0. The Morgan fingerprint density at radius 1 is 1.10 bits per heavy atom. The topological polar surface area (TPSA) is 105 Å². The van der Waals surface area contributed by atoms with E-state index < -0.39 is 17.9 Å². The molecule has 2 aromatic heterocycles. The average Bonchev–Trinajstić information content (AvgIpc) is 3.17. The molecular formula is C14H16N2O5. The van der Waals surface area contributed by atoms with Gasteiger partial charge in [-0.15, -0.1) is 0 Å². The first-order valence-electron chi connectivity index (χ1n) is 6.46. The Labute approximate surface area is 120 Å². The summed E-state index contributed by atoms with van der Waals surface area (Å²) in [7, 11) is 0. The van der Waals surface area contributed by atoms with Gasteiger partial charge in [-0.2, -0.15) is 0 Å². The smallest absolute Gasteiger partial charge is 0.309 e. The van der Waals surface area contributed by atoms with Gasteiger partial charge in [0.25, 0.3) is 0 Å². The van der Waals surface area contributed by atoms with Gasteiger partial charge in [0.2, 0.25) is 0 Å². The van der Waals surface area contributed by atoms with Gasteiger partial charge in [0.15, 0.2) is 0 Å². The summed E-state index contributed by atoms with van der Waals surface area (Å²) in [5.41, 5.74) is 0. The van der Waals surface area contributed by atoms with E-state index in [4.69, 9.17) is 8.83 Å². The molecule has 1 atom stereocenters. The molecule has 0 aliphatic rings. The molecule has 7 nitrogen and oxygen atoms in total. The van der Waals surface area contributed by atoms with Gasteiger partial charge in [-0.1, -0.05) is 0 Å². The molecule has 2 amide bonds. The Morgan fingerprint density at radius 2 is 1.81 bits per heavy atom. The fraction of sp³-hybridized carbons (Fsp3) is 0.286. The van der Waals surface area contributed by atoms with Crippen LogP contribution in [0, 0.1) is 0 Å². The van der Waals surface area contributed by atoms with Gasteiger partial charge in [-0.3, -0.25) is 9.59 Å². The van der Waals surface area contributed by atoms with Gasteiger partial charge in [-0.05, 0) is 30.7 Å². The van der Waals surface area contributed by atoms with Gasteiger partial charge in [-0.25, -0.2) is 0 Å². The highest BCUT2D eigenvalue weighted by Gasteiger charge is 2.15. The first kappa shape index (κ1) is 14.9. The number of amides is 2. The van der Waals surface area contributed by atoms with Crippen LogP contribution >= 0.6 is 0 Å². The van der Waals surface area contributed by atoms with Crippen LogP contribution in [0.15, 0.2) is 45.6 Å². The summed E-state index contributed by atoms with van der Waals surface area (Å²) < 4.78 is 10.1. The van der Waals surface area contributed by atoms with Crippen LogP contribution in [0.3, 0.4) is 0 Å². The van der Waals surface area contributed by atoms with Crippen molar-refractivity contribution < 1.29 is 23.5 Å². The fourth-order valence-electron chi connectivity index (χ4n) is 1.69. The number of hydrogen-bond donors (Lipinski definition) is 3. The lowest BCUT2D eigenvalue weighted by Crippen LogP contribution is -2.40. The van der Waals surface area contributed by atoms with E-state index in [1.807, 2.05) is 0 Å². The number of furan rings is 2. The predicted molar refractivity (Wildman–Crippen MR) is 71.8 cm³/mol. The highest BCUT2D eigenvalue weighted by Crippen LogP contribution is 2.15. The third-order valence-corrected chi connectivity index (χ3v) is 2.78. The summed E-state index contributed by atoms with van der Waals surface area (Å²) >= 11 is 0. The summed E-state index contributed by atoms with van der Waals surface area (Å²) in [6.07, 6.45) is 2.38. The third-order valence-electron chi connectivity index (χ3n) is 2.78. The predicted octanol–water partition coefficient (Wildman–Crippen LogP) is 0.729. The lowest BCUT2D eigenvalue weighted by molar-refractivity contribution is -0.139. The van der Waals surface area contributed by atoms with Crippen molar-refractivity contribution in [1.29, 1.82) is 0 Å².